The molecule has 4 nitrogen and oxygen atoms in total. The molecule has 1 unspecified atom stereocenters. The van der Waals surface area contributed by atoms with Gasteiger partial charge in [-0.2, -0.15) is 0 Å². The third kappa shape index (κ3) is 2.09. The molecule has 5 heteroatoms. The monoisotopic (exact) mass is 238 g/mol. The number of nitrogens with zero attached hydrogens (tertiary/aromatic N) is 1. The number of fused-ring (bicyclic) bond motifs is 1. The summed E-state index contributed by atoms with van der Waals surface area (Å²) in [5.74, 6) is 0.298. The van der Waals surface area contributed by atoms with Gasteiger partial charge in [-0.3, -0.25) is 4.79 Å². The fourth-order valence-electron chi connectivity index (χ4n) is 1.79. The first-order valence-electron chi connectivity index (χ1n) is 5.12. The van der Waals surface area contributed by atoms with E-state index in [4.69, 9.17) is 0 Å². The van der Waals surface area contributed by atoms with Crippen molar-refractivity contribution in [2.24, 2.45) is 0 Å². The minimum absolute atomic E-state index is 0.298. The van der Waals surface area contributed by atoms with Crippen molar-refractivity contribution in [1.29, 1.82) is 0 Å². The predicted octanol–water partition coefficient (Wildman–Crippen LogP) is 1.40. The Kier molecular flexibility index (Phi) is 3.24. The fraction of sp³-hybridized carbons (Fsp3) is 0.364. The van der Waals surface area contributed by atoms with Gasteiger partial charge in [-0.25, -0.2) is 0 Å². The Labute approximate surface area is 98.6 Å². The van der Waals surface area contributed by atoms with E-state index in [1.54, 1.807) is 23.9 Å². The fourth-order valence-corrected chi connectivity index (χ4v) is 3.11. The lowest BCUT2D eigenvalue weighted by Gasteiger charge is -2.21. The van der Waals surface area contributed by atoms with Gasteiger partial charge in [-0.15, -0.1) is 0 Å². The van der Waals surface area contributed by atoms with Crippen LogP contribution < -0.4 is 10.2 Å². The average Bonchev–Trinajstić information content (AvgIpc) is 2.56. The number of nitrogens with one attached hydrogen (secondary N) is 1. The Morgan fingerprint density at radius 1 is 1.62 bits per heavy atom. The first-order chi connectivity index (χ1) is 7.72. The van der Waals surface area contributed by atoms with Gasteiger partial charge in [0.25, 0.3) is 0 Å². The zero-order valence-corrected chi connectivity index (χ0v) is 9.83. The van der Waals surface area contributed by atoms with Crippen LogP contribution in [0.4, 0.5) is 5.69 Å². The minimum atomic E-state index is 0.298. The smallest absolute Gasteiger partial charge is 0.207 e. The molecule has 1 amide bonds. The Hall–Kier alpha value is -1.36. The second-order valence-corrected chi connectivity index (χ2v) is 4.92. The van der Waals surface area contributed by atoms with Crippen LogP contribution in [0.3, 0.4) is 0 Å². The molecule has 0 saturated heterocycles. The number of rotatable bonds is 4. The Morgan fingerprint density at radius 2 is 2.44 bits per heavy atom. The molecule has 1 aromatic carbocycles. The lowest BCUT2D eigenvalue weighted by molar-refractivity contribution is -0.109. The van der Waals surface area contributed by atoms with E-state index in [2.05, 4.69) is 10.2 Å². The van der Waals surface area contributed by atoms with Gasteiger partial charge in [0, 0.05) is 18.5 Å². The van der Waals surface area contributed by atoms with E-state index in [9.17, 15) is 9.90 Å². The average molecular weight is 238 g/mol. The summed E-state index contributed by atoms with van der Waals surface area (Å²) in [6, 6.07) is 5.40. The van der Waals surface area contributed by atoms with Crippen LogP contribution in [0.1, 0.15) is 6.42 Å². The topological polar surface area (TPSA) is 52.6 Å². The lowest BCUT2D eigenvalue weighted by Crippen LogP contribution is -2.28. The van der Waals surface area contributed by atoms with E-state index in [0.717, 1.165) is 23.4 Å². The van der Waals surface area contributed by atoms with Gasteiger partial charge in [0.05, 0.1) is 11.1 Å². The number of thioether (sulfide) groups is 1. The molecule has 0 fully saturated rings. The van der Waals surface area contributed by atoms with Crippen LogP contribution in [-0.4, -0.2) is 30.5 Å². The first-order valence-corrected chi connectivity index (χ1v) is 6.00. The molecule has 0 aromatic heterocycles. The first kappa shape index (κ1) is 11.1. The summed E-state index contributed by atoms with van der Waals surface area (Å²) in [7, 11) is 2.03. The van der Waals surface area contributed by atoms with Crippen molar-refractivity contribution >= 4 is 23.9 Å². The summed E-state index contributed by atoms with van der Waals surface area (Å²) in [5, 5.41) is 12.4. The molecule has 1 aliphatic rings. The molecular weight excluding hydrogens is 224 g/mol. The van der Waals surface area contributed by atoms with E-state index < -0.39 is 0 Å². The molecule has 2 rings (SSSR count). The number of phenolic OH excluding ortho intramolecular Hbond substituents is 1. The molecule has 86 valence electrons. The van der Waals surface area contributed by atoms with E-state index in [-0.39, 0.29) is 0 Å². The van der Waals surface area contributed by atoms with E-state index in [0.29, 0.717) is 17.7 Å². The minimum Gasteiger partial charge on any atom is -0.508 e. The highest BCUT2D eigenvalue weighted by Gasteiger charge is 2.26. The standard InChI is InChI=1S/C11H14N2O2S/c1-13-9-3-2-8(15)6-10(9)16-11(13)4-5-12-7-14/h2-3,6-7,11,15H,4-5H2,1H3,(H,12,14). The van der Waals surface area contributed by atoms with E-state index in [1.807, 2.05) is 13.1 Å². The molecular formula is C11H14N2O2S. The normalized spacial score (nSPS) is 18.3. The van der Waals surface area contributed by atoms with Gasteiger partial charge in [0.15, 0.2) is 0 Å². The molecule has 16 heavy (non-hydrogen) atoms. The van der Waals surface area contributed by atoms with Gasteiger partial charge < -0.3 is 15.3 Å². The van der Waals surface area contributed by atoms with Crippen LogP contribution >= 0.6 is 11.8 Å². The third-order valence-corrected chi connectivity index (χ3v) is 4.04. The third-order valence-electron chi connectivity index (χ3n) is 2.64. The number of carbonyl (C=O) groups excluding carboxylic acids is 1. The van der Waals surface area contributed by atoms with Crippen molar-refractivity contribution in [3.63, 3.8) is 0 Å². The molecule has 1 atom stereocenters. The van der Waals surface area contributed by atoms with E-state index in [1.165, 1.54) is 0 Å². The zero-order valence-electron chi connectivity index (χ0n) is 9.01. The zero-order chi connectivity index (χ0) is 11.5. The second-order valence-electron chi connectivity index (χ2n) is 3.70. The Balaban J connectivity index is 2.05. The number of anilines is 1. The molecule has 0 aliphatic carbocycles. The van der Waals surface area contributed by atoms with Crippen molar-refractivity contribution in [2.45, 2.75) is 16.7 Å². The molecule has 0 bridgehead atoms. The van der Waals surface area contributed by atoms with Gasteiger partial charge in [0.2, 0.25) is 6.41 Å². The number of aromatic hydroxyl groups is 1. The Bertz CT molecular complexity index is 398. The van der Waals surface area contributed by atoms with Crippen LogP contribution in [0, 0.1) is 0 Å². The van der Waals surface area contributed by atoms with Crippen molar-refractivity contribution in [1.82, 2.24) is 5.32 Å². The molecule has 2 N–H and O–H groups in total. The maximum absolute atomic E-state index is 10.2. The van der Waals surface area contributed by atoms with Crippen LogP contribution in [0.2, 0.25) is 0 Å². The predicted molar refractivity (Wildman–Crippen MR) is 64.8 cm³/mol. The highest BCUT2D eigenvalue weighted by Crippen LogP contribution is 2.44. The molecule has 0 spiro atoms. The second kappa shape index (κ2) is 4.65. The quantitative estimate of drug-likeness (QED) is 0.615. The Morgan fingerprint density at radius 3 is 3.19 bits per heavy atom. The van der Waals surface area contributed by atoms with Gasteiger partial charge in [-0.1, -0.05) is 11.8 Å². The molecule has 0 radical (unpaired) electrons. The van der Waals surface area contributed by atoms with Crippen molar-refractivity contribution in [3.05, 3.63) is 18.2 Å². The van der Waals surface area contributed by atoms with Gasteiger partial charge in [-0.05, 0) is 24.6 Å². The maximum Gasteiger partial charge on any atom is 0.207 e. The molecule has 0 saturated carbocycles. The maximum atomic E-state index is 10.2. The summed E-state index contributed by atoms with van der Waals surface area (Å²) in [5.41, 5.74) is 1.14. The summed E-state index contributed by atoms with van der Waals surface area (Å²) < 4.78 is 0. The number of phenols is 1. The van der Waals surface area contributed by atoms with Crippen molar-refractivity contribution in [2.75, 3.05) is 18.5 Å². The number of amides is 1. The summed E-state index contributed by atoms with van der Waals surface area (Å²) in [4.78, 5) is 13.4. The van der Waals surface area contributed by atoms with Gasteiger partial charge >= 0.3 is 0 Å². The summed E-state index contributed by atoms with van der Waals surface area (Å²) in [6.07, 6.45) is 1.61. The van der Waals surface area contributed by atoms with Crippen LogP contribution in [0.5, 0.6) is 5.75 Å². The summed E-state index contributed by atoms with van der Waals surface area (Å²) in [6.45, 7) is 0.672. The number of benzene rings is 1. The molecule has 1 heterocycles. The highest BCUT2D eigenvalue weighted by atomic mass is 32.2. The highest BCUT2D eigenvalue weighted by molar-refractivity contribution is 8.00. The van der Waals surface area contributed by atoms with Crippen LogP contribution in [0.25, 0.3) is 0 Å². The molecule has 1 aromatic rings. The van der Waals surface area contributed by atoms with Crippen molar-refractivity contribution < 1.29 is 9.90 Å². The number of hydrogen-bond acceptors (Lipinski definition) is 4. The van der Waals surface area contributed by atoms with Crippen LogP contribution in [0.15, 0.2) is 23.1 Å². The largest absolute Gasteiger partial charge is 0.508 e. The summed E-state index contributed by atoms with van der Waals surface area (Å²) >= 11 is 1.72. The SMILES string of the molecule is CN1c2ccc(O)cc2SC1CCNC=O. The molecule has 1 aliphatic heterocycles. The number of hydrogen-bond donors (Lipinski definition) is 2. The number of carbonyl (C=O) groups is 1. The van der Waals surface area contributed by atoms with Crippen LogP contribution in [-0.2, 0) is 4.79 Å². The van der Waals surface area contributed by atoms with E-state index >= 15 is 0 Å². The van der Waals surface area contributed by atoms with Crippen molar-refractivity contribution in [3.8, 4) is 5.75 Å². The lowest BCUT2D eigenvalue weighted by atomic mass is 10.2. The van der Waals surface area contributed by atoms with Gasteiger partial charge in [0.1, 0.15) is 5.75 Å².